The SMILES string of the molecule is COC(=O)c1cc(C(=O)OC)c(C)c([SH]2C=CC=C2)c1. The molecule has 1 aromatic rings. The number of thiol groups is 1. The molecular formula is C15H16O4S. The molecule has 0 saturated carbocycles. The van der Waals surface area contributed by atoms with Crippen molar-refractivity contribution in [3.8, 4) is 0 Å². The average Bonchev–Trinajstić information content (AvgIpc) is 2.99. The van der Waals surface area contributed by atoms with Crippen LogP contribution in [-0.4, -0.2) is 26.2 Å². The van der Waals surface area contributed by atoms with Gasteiger partial charge in [-0.2, -0.15) is 10.9 Å². The molecule has 0 spiro atoms. The summed E-state index contributed by atoms with van der Waals surface area (Å²) in [5, 5.41) is 4.14. The van der Waals surface area contributed by atoms with Crippen molar-refractivity contribution in [1.82, 2.24) is 0 Å². The Kier molecular flexibility index (Phi) is 4.29. The fourth-order valence-electron chi connectivity index (χ4n) is 2.02. The molecule has 1 aliphatic rings. The molecule has 2 rings (SSSR count). The molecule has 0 bridgehead atoms. The lowest BCUT2D eigenvalue weighted by Crippen LogP contribution is -2.09. The van der Waals surface area contributed by atoms with Gasteiger partial charge in [0.1, 0.15) is 0 Å². The van der Waals surface area contributed by atoms with E-state index in [1.165, 1.54) is 20.3 Å². The molecule has 1 aliphatic heterocycles. The van der Waals surface area contributed by atoms with E-state index < -0.39 is 22.8 Å². The number of esters is 2. The zero-order valence-electron chi connectivity index (χ0n) is 11.5. The number of methoxy groups -OCH3 is 2. The van der Waals surface area contributed by atoms with Crippen molar-refractivity contribution in [2.45, 2.75) is 11.8 Å². The Morgan fingerprint density at radius 1 is 1.00 bits per heavy atom. The standard InChI is InChI=1S/C15H16O4S/c1-10-12(15(17)19-3)8-11(14(16)18-2)9-13(10)20-6-4-5-7-20/h4-9,20H,1-3H3. The molecule has 5 heteroatoms. The molecule has 0 aliphatic carbocycles. The van der Waals surface area contributed by atoms with Crippen LogP contribution in [0.25, 0.3) is 0 Å². The van der Waals surface area contributed by atoms with E-state index in [1.807, 2.05) is 19.1 Å². The van der Waals surface area contributed by atoms with E-state index in [0.717, 1.165) is 10.5 Å². The molecule has 0 N–H and O–H groups in total. The van der Waals surface area contributed by atoms with Crippen molar-refractivity contribution in [2.24, 2.45) is 0 Å². The highest BCUT2D eigenvalue weighted by Crippen LogP contribution is 2.45. The number of hydrogen-bond donors (Lipinski definition) is 1. The second-order valence-electron chi connectivity index (χ2n) is 4.24. The van der Waals surface area contributed by atoms with Crippen molar-refractivity contribution in [1.29, 1.82) is 0 Å². The highest BCUT2D eigenvalue weighted by Gasteiger charge is 2.19. The first-order valence-corrected chi connectivity index (χ1v) is 7.51. The van der Waals surface area contributed by atoms with E-state index in [-0.39, 0.29) is 0 Å². The zero-order chi connectivity index (χ0) is 14.7. The molecule has 106 valence electrons. The van der Waals surface area contributed by atoms with Crippen molar-refractivity contribution in [3.05, 3.63) is 51.8 Å². The molecule has 0 aromatic heterocycles. The van der Waals surface area contributed by atoms with Crippen LogP contribution < -0.4 is 0 Å². The maximum Gasteiger partial charge on any atom is 0.338 e. The van der Waals surface area contributed by atoms with Gasteiger partial charge < -0.3 is 9.47 Å². The lowest BCUT2D eigenvalue weighted by Gasteiger charge is -2.17. The monoisotopic (exact) mass is 292 g/mol. The summed E-state index contributed by atoms with van der Waals surface area (Å²) in [5.74, 6) is -0.907. The van der Waals surface area contributed by atoms with Crippen LogP contribution in [0, 0.1) is 6.92 Å². The maximum atomic E-state index is 11.9. The molecular weight excluding hydrogens is 276 g/mol. The minimum absolute atomic E-state index is 0.365. The summed E-state index contributed by atoms with van der Waals surface area (Å²) in [5.41, 5.74) is 1.61. The fraction of sp³-hybridized carbons (Fsp3) is 0.200. The highest BCUT2D eigenvalue weighted by atomic mass is 32.2. The van der Waals surface area contributed by atoms with Crippen molar-refractivity contribution in [3.63, 3.8) is 0 Å². The third-order valence-electron chi connectivity index (χ3n) is 3.09. The van der Waals surface area contributed by atoms with Crippen LogP contribution in [0.3, 0.4) is 0 Å². The first kappa shape index (κ1) is 14.4. The molecule has 0 saturated heterocycles. The van der Waals surface area contributed by atoms with Crippen LogP contribution >= 0.6 is 10.9 Å². The van der Waals surface area contributed by atoms with Gasteiger partial charge in [0.25, 0.3) is 0 Å². The average molecular weight is 292 g/mol. The van der Waals surface area contributed by atoms with Crippen LogP contribution in [0.4, 0.5) is 0 Å². The number of ether oxygens (including phenoxy) is 2. The van der Waals surface area contributed by atoms with E-state index in [4.69, 9.17) is 9.47 Å². The molecule has 4 nitrogen and oxygen atoms in total. The van der Waals surface area contributed by atoms with Gasteiger partial charge in [0.15, 0.2) is 0 Å². The summed E-state index contributed by atoms with van der Waals surface area (Å²) in [7, 11) is 2.02. The Morgan fingerprint density at radius 2 is 1.60 bits per heavy atom. The molecule has 20 heavy (non-hydrogen) atoms. The summed E-state index contributed by atoms with van der Waals surface area (Å²) < 4.78 is 9.53. The fourth-order valence-corrected chi connectivity index (χ4v) is 3.81. The van der Waals surface area contributed by atoms with Crippen LogP contribution in [0.5, 0.6) is 0 Å². The molecule has 1 aromatic carbocycles. The van der Waals surface area contributed by atoms with E-state index in [1.54, 1.807) is 6.07 Å². The molecule has 0 amide bonds. The van der Waals surface area contributed by atoms with Crippen molar-refractivity contribution < 1.29 is 19.1 Å². The van der Waals surface area contributed by atoms with Crippen LogP contribution in [0.15, 0.2) is 40.0 Å². The quantitative estimate of drug-likeness (QED) is 0.687. The number of carbonyl (C=O) groups is 2. The second-order valence-corrected chi connectivity index (χ2v) is 6.13. The topological polar surface area (TPSA) is 52.6 Å². The van der Waals surface area contributed by atoms with Gasteiger partial charge in [-0.25, -0.2) is 9.59 Å². The van der Waals surface area contributed by atoms with Crippen molar-refractivity contribution in [2.75, 3.05) is 14.2 Å². The predicted octanol–water partition coefficient (Wildman–Crippen LogP) is 2.97. The van der Waals surface area contributed by atoms with Gasteiger partial charge >= 0.3 is 11.9 Å². The van der Waals surface area contributed by atoms with E-state index >= 15 is 0 Å². The van der Waals surface area contributed by atoms with Gasteiger partial charge in [-0.15, -0.1) is 0 Å². The van der Waals surface area contributed by atoms with Gasteiger partial charge in [0, 0.05) is 0 Å². The normalized spacial score (nSPS) is 14.4. The molecule has 1 heterocycles. The Morgan fingerprint density at radius 3 is 2.15 bits per heavy atom. The third-order valence-corrected chi connectivity index (χ3v) is 5.10. The van der Waals surface area contributed by atoms with Crippen molar-refractivity contribution >= 4 is 22.8 Å². The summed E-state index contributed by atoms with van der Waals surface area (Å²) in [6.45, 7) is 1.87. The van der Waals surface area contributed by atoms with E-state index in [9.17, 15) is 9.59 Å². The highest BCUT2D eigenvalue weighted by molar-refractivity contribution is 8.22. The third kappa shape index (κ3) is 2.63. The number of hydrogen-bond acceptors (Lipinski definition) is 4. The molecule has 0 fully saturated rings. The van der Waals surface area contributed by atoms with Gasteiger partial charge in [-0.3, -0.25) is 0 Å². The lowest BCUT2D eigenvalue weighted by atomic mass is 10.0. The maximum absolute atomic E-state index is 11.9. The van der Waals surface area contributed by atoms with Gasteiger partial charge in [0.2, 0.25) is 0 Å². The summed E-state index contributed by atoms with van der Waals surface area (Å²) in [4.78, 5) is 24.6. The summed E-state index contributed by atoms with van der Waals surface area (Å²) >= 11 is 0. The lowest BCUT2D eigenvalue weighted by molar-refractivity contribution is 0.0598. The molecule has 0 atom stereocenters. The van der Waals surface area contributed by atoms with Crippen LogP contribution in [0.2, 0.25) is 0 Å². The smallest absolute Gasteiger partial charge is 0.338 e. The first-order valence-electron chi connectivity index (χ1n) is 6.03. The zero-order valence-corrected chi connectivity index (χ0v) is 12.4. The Bertz CT molecular complexity index is 605. The van der Waals surface area contributed by atoms with E-state index in [0.29, 0.717) is 11.1 Å². The minimum Gasteiger partial charge on any atom is -0.465 e. The summed E-state index contributed by atoms with van der Waals surface area (Å²) in [6, 6.07) is 3.31. The number of benzene rings is 1. The Balaban J connectivity index is 2.60. The number of rotatable bonds is 3. The van der Waals surface area contributed by atoms with Gasteiger partial charge in [-0.05, 0) is 40.3 Å². The second kappa shape index (κ2) is 5.96. The molecule has 0 unspecified atom stereocenters. The van der Waals surface area contributed by atoms with Gasteiger partial charge in [0.05, 0.1) is 25.3 Å². The Labute approximate surface area is 120 Å². The Hall–Kier alpha value is -2.01. The largest absolute Gasteiger partial charge is 0.465 e. The predicted molar refractivity (Wildman–Crippen MR) is 79.4 cm³/mol. The van der Waals surface area contributed by atoms with E-state index in [2.05, 4.69) is 10.8 Å². The van der Waals surface area contributed by atoms with Crippen LogP contribution in [-0.2, 0) is 9.47 Å². The molecule has 0 radical (unpaired) electrons. The number of carbonyl (C=O) groups excluding carboxylic acids is 2. The number of allylic oxidation sites excluding steroid dienone is 2. The minimum atomic E-state index is -0.630. The van der Waals surface area contributed by atoms with Crippen LogP contribution in [0.1, 0.15) is 26.3 Å². The van der Waals surface area contributed by atoms with Gasteiger partial charge in [-0.1, -0.05) is 12.2 Å². The first-order chi connectivity index (χ1) is 9.58. The summed E-state index contributed by atoms with van der Waals surface area (Å²) in [6.07, 6.45) is 3.93.